The molecule has 2 N–H and O–H groups in total. The summed E-state index contributed by atoms with van der Waals surface area (Å²) < 4.78 is 12.9. The maximum atomic E-state index is 12.9. The minimum absolute atomic E-state index is 0.0126. The van der Waals surface area contributed by atoms with Crippen molar-refractivity contribution in [2.24, 2.45) is 0 Å². The number of nitrogens with one attached hydrogen (secondary N) is 2. The Morgan fingerprint density at radius 2 is 2.06 bits per heavy atom. The maximum Gasteiger partial charge on any atom is 0.222 e. The molecule has 0 spiro atoms. The molecule has 0 aliphatic heterocycles. The van der Waals surface area contributed by atoms with Crippen LogP contribution in [0.4, 0.5) is 10.1 Å². The van der Waals surface area contributed by atoms with Gasteiger partial charge in [-0.25, -0.2) is 4.39 Å². The van der Waals surface area contributed by atoms with Crippen molar-refractivity contribution in [3.05, 3.63) is 30.1 Å². The number of hydrogen-bond donors (Lipinski definition) is 2. The molecule has 0 saturated carbocycles. The second-order valence-electron chi connectivity index (χ2n) is 4.99. The normalized spacial score (nSPS) is 11.1. The minimum Gasteiger partial charge on any atom is -0.384 e. The van der Waals surface area contributed by atoms with Gasteiger partial charge in [-0.15, -0.1) is 0 Å². The Kier molecular flexibility index (Phi) is 4.49. The van der Waals surface area contributed by atoms with Crippen LogP contribution in [0, 0.1) is 5.82 Å². The molecule has 0 radical (unpaired) electrons. The molecule has 0 heterocycles. The summed E-state index contributed by atoms with van der Waals surface area (Å²) in [7, 11) is 0. The first-order valence-electron chi connectivity index (χ1n) is 5.67. The smallest absolute Gasteiger partial charge is 0.222 e. The number of anilines is 1. The van der Waals surface area contributed by atoms with E-state index in [1.165, 1.54) is 12.1 Å². The van der Waals surface area contributed by atoms with E-state index in [0.29, 0.717) is 18.7 Å². The number of rotatable bonds is 4. The number of carbonyl (C=O) groups excluding carboxylic acids is 1. The summed E-state index contributed by atoms with van der Waals surface area (Å²) in [6, 6.07) is 6.19. The van der Waals surface area contributed by atoms with E-state index in [9.17, 15) is 9.18 Å². The molecule has 4 heteroatoms. The molecule has 3 nitrogen and oxygen atoms in total. The predicted molar refractivity (Wildman–Crippen MR) is 67.4 cm³/mol. The van der Waals surface area contributed by atoms with Crippen molar-refractivity contribution in [3.8, 4) is 0 Å². The zero-order chi connectivity index (χ0) is 12.9. The quantitative estimate of drug-likeness (QED) is 0.846. The van der Waals surface area contributed by atoms with Crippen molar-refractivity contribution in [1.29, 1.82) is 0 Å². The average molecular weight is 238 g/mol. The van der Waals surface area contributed by atoms with Gasteiger partial charge in [-0.1, -0.05) is 6.07 Å². The van der Waals surface area contributed by atoms with Crippen molar-refractivity contribution < 1.29 is 9.18 Å². The molecule has 1 aromatic carbocycles. The van der Waals surface area contributed by atoms with Gasteiger partial charge in [-0.3, -0.25) is 4.79 Å². The zero-order valence-electron chi connectivity index (χ0n) is 10.5. The van der Waals surface area contributed by atoms with Gasteiger partial charge < -0.3 is 10.6 Å². The number of hydrogen-bond acceptors (Lipinski definition) is 2. The first-order valence-corrected chi connectivity index (χ1v) is 5.67. The summed E-state index contributed by atoms with van der Waals surface area (Å²) in [4.78, 5) is 11.5. The fourth-order valence-corrected chi connectivity index (χ4v) is 1.40. The third kappa shape index (κ3) is 5.90. The van der Waals surface area contributed by atoms with Crippen LogP contribution in [0.15, 0.2) is 24.3 Å². The molecule has 0 bridgehead atoms. The van der Waals surface area contributed by atoms with E-state index in [4.69, 9.17) is 0 Å². The Balaban J connectivity index is 2.31. The van der Waals surface area contributed by atoms with E-state index < -0.39 is 0 Å². The Morgan fingerprint density at radius 1 is 1.35 bits per heavy atom. The highest BCUT2D eigenvalue weighted by Crippen LogP contribution is 2.08. The Bertz CT molecular complexity index is 385. The van der Waals surface area contributed by atoms with Gasteiger partial charge in [0.1, 0.15) is 5.82 Å². The molecule has 0 aliphatic carbocycles. The third-order valence-electron chi connectivity index (χ3n) is 2.02. The lowest BCUT2D eigenvalue weighted by atomic mass is 10.1. The molecular weight excluding hydrogens is 219 g/mol. The van der Waals surface area contributed by atoms with Gasteiger partial charge in [0, 0.05) is 24.2 Å². The molecule has 0 unspecified atom stereocenters. The highest BCUT2D eigenvalue weighted by molar-refractivity contribution is 5.77. The monoisotopic (exact) mass is 238 g/mol. The molecule has 0 fully saturated rings. The molecule has 0 saturated heterocycles. The zero-order valence-corrected chi connectivity index (χ0v) is 10.5. The van der Waals surface area contributed by atoms with Gasteiger partial charge in [0.05, 0.1) is 0 Å². The summed E-state index contributed by atoms with van der Waals surface area (Å²) in [6.07, 6.45) is 0.369. The highest BCUT2D eigenvalue weighted by Gasteiger charge is 2.12. The summed E-state index contributed by atoms with van der Waals surface area (Å²) in [5, 5.41) is 5.87. The van der Waals surface area contributed by atoms with E-state index in [1.807, 2.05) is 20.8 Å². The fourth-order valence-electron chi connectivity index (χ4n) is 1.40. The van der Waals surface area contributed by atoms with Gasteiger partial charge in [0.15, 0.2) is 0 Å². The largest absolute Gasteiger partial charge is 0.384 e. The molecule has 0 atom stereocenters. The van der Waals surface area contributed by atoms with E-state index in [-0.39, 0.29) is 17.3 Å². The van der Waals surface area contributed by atoms with E-state index in [1.54, 1.807) is 12.1 Å². The highest BCUT2D eigenvalue weighted by atomic mass is 19.1. The van der Waals surface area contributed by atoms with Gasteiger partial charge in [-0.2, -0.15) is 0 Å². The minimum atomic E-state index is -0.283. The van der Waals surface area contributed by atoms with Gasteiger partial charge in [-0.05, 0) is 39.0 Å². The van der Waals surface area contributed by atoms with Gasteiger partial charge in [0.2, 0.25) is 5.91 Å². The van der Waals surface area contributed by atoms with Gasteiger partial charge in [0.25, 0.3) is 0 Å². The van der Waals surface area contributed by atoms with Crippen molar-refractivity contribution in [1.82, 2.24) is 5.32 Å². The lowest BCUT2D eigenvalue weighted by Gasteiger charge is -2.20. The van der Waals surface area contributed by atoms with Crippen LogP contribution in [0.2, 0.25) is 0 Å². The molecule has 17 heavy (non-hydrogen) atoms. The number of amides is 1. The van der Waals surface area contributed by atoms with E-state index in [2.05, 4.69) is 10.6 Å². The van der Waals surface area contributed by atoms with Crippen molar-refractivity contribution in [2.75, 3.05) is 11.9 Å². The Morgan fingerprint density at radius 3 is 2.65 bits per heavy atom. The van der Waals surface area contributed by atoms with Crippen LogP contribution >= 0.6 is 0 Å². The second-order valence-corrected chi connectivity index (χ2v) is 4.99. The molecular formula is C13H19FN2O. The number of benzene rings is 1. The SMILES string of the molecule is CC(C)(C)NC(=O)CCNc1cccc(F)c1. The summed E-state index contributed by atoms with van der Waals surface area (Å²) in [5.41, 5.74) is 0.476. The molecule has 1 rings (SSSR count). The van der Waals surface area contributed by atoms with Gasteiger partial charge >= 0.3 is 0 Å². The topological polar surface area (TPSA) is 41.1 Å². The lowest BCUT2D eigenvalue weighted by Crippen LogP contribution is -2.41. The lowest BCUT2D eigenvalue weighted by molar-refractivity contribution is -0.122. The van der Waals surface area contributed by atoms with Crippen LogP contribution in [-0.2, 0) is 4.79 Å². The van der Waals surface area contributed by atoms with Crippen molar-refractivity contribution in [3.63, 3.8) is 0 Å². The molecule has 0 aliphatic rings. The van der Waals surface area contributed by atoms with Crippen molar-refractivity contribution >= 4 is 11.6 Å². The Labute approximate surface area is 101 Å². The van der Waals surface area contributed by atoms with Crippen LogP contribution in [0.5, 0.6) is 0 Å². The molecule has 1 amide bonds. The molecule has 1 aromatic rings. The van der Waals surface area contributed by atoms with Crippen LogP contribution < -0.4 is 10.6 Å². The van der Waals surface area contributed by atoms with Crippen LogP contribution in [0.1, 0.15) is 27.2 Å². The maximum absolute atomic E-state index is 12.9. The average Bonchev–Trinajstić information content (AvgIpc) is 2.14. The van der Waals surface area contributed by atoms with E-state index >= 15 is 0 Å². The fraction of sp³-hybridized carbons (Fsp3) is 0.462. The number of carbonyl (C=O) groups is 1. The number of halogens is 1. The summed E-state index contributed by atoms with van der Waals surface area (Å²) >= 11 is 0. The predicted octanol–water partition coefficient (Wildman–Crippen LogP) is 2.54. The summed E-state index contributed by atoms with van der Waals surface area (Å²) in [6.45, 7) is 6.30. The van der Waals surface area contributed by atoms with Crippen molar-refractivity contribution in [2.45, 2.75) is 32.7 Å². The van der Waals surface area contributed by atoms with Crippen LogP contribution in [0.25, 0.3) is 0 Å². The third-order valence-corrected chi connectivity index (χ3v) is 2.02. The molecule has 94 valence electrons. The molecule has 0 aromatic heterocycles. The second kappa shape index (κ2) is 5.66. The first kappa shape index (κ1) is 13.5. The first-order chi connectivity index (χ1) is 7.87. The standard InChI is InChI=1S/C13H19FN2O/c1-13(2,3)16-12(17)7-8-15-11-6-4-5-10(14)9-11/h4-6,9,15H,7-8H2,1-3H3,(H,16,17). The Hall–Kier alpha value is -1.58. The van der Waals surface area contributed by atoms with Crippen LogP contribution in [0.3, 0.4) is 0 Å². The van der Waals surface area contributed by atoms with Crippen LogP contribution in [-0.4, -0.2) is 18.0 Å². The summed E-state index contributed by atoms with van der Waals surface area (Å²) in [5.74, 6) is -0.296. The van der Waals surface area contributed by atoms with E-state index in [0.717, 1.165) is 0 Å².